The maximum atomic E-state index is 13.0. The molecule has 0 spiro atoms. The van der Waals surface area contributed by atoms with E-state index >= 15 is 0 Å². The van der Waals surface area contributed by atoms with Gasteiger partial charge >= 0.3 is 6.18 Å². The van der Waals surface area contributed by atoms with Gasteiger partial charge in [-0.1, -0.05) is 6.07 Å². The maximum absolute atomic E-state index is 13.0. The summed E-state index contributed by atoms with van der Waals surface area (Å²) in [6.07, 6.45) is -1.46. The van der Waals surface area contributed by atoms with Crippen LogP contribution in [0.25, 0.3) is 27.8 Å². The molecule has 0 unspecified atom stereocenters. The Morgan fingerprint density at radius 1 is 1.11 bits per heavy atom. The number of aryl methyl sites for hydroxylation is 1. The zero-order chi connectivity index (χ0) is 27.4. The molecule has 1 N–H and O–H groups in total. The third-order valence-corrected chi connectivity index (χ3v) is 7.23. The summed E-state index contributed by atoms with van der Waals surface area (Å²) in [4.78, 5) is 31.6. The zero-order valence-corrected chi connectivity index (χ0v) is 21.2. The van der Waals surface area contributed by atoms with Gasteiger partial charge in [0.1, 0.15) is 0 Å². The van der Waals surface area contributed by atoms with Gasteiger partial charge in [0.15, 0.2) is 0 Å². The molecule has 38 heavy (non-hydrogen) atoms. The number of carbonyl (C=O) groups is 1. The molecule has 0 atom stereocenters. The fourth-order valence-corrected chi connectivity index (χ4v) is 4.96. The van der Waals surface area contributed by atoms with Crippen LogP contribution in [0.15, 0.2) is 59.7 Å². The van der Waals surface area contributed by atoms with Gasteiger partial charge in [-0.15, -0.1) is 0 Å². The third kappa shape index (κ3) is 4.38. The zero-order valence-electron chi connectivity index (χ0n) is 21.2. The van der Waals surface area contributed by atoms with Crippen LogP contribution in [0.2, 0.25) is 0 Å². The number of nitrogens with zero attached hydrogens (tertiary/aromatic N) is 4. The molecule has 4 heterocycles. The van der Waals surface area contributed by atoms with Gasteiger partial charge < -0.3 is 14.6 Å². The average Bonchev–Trinajstić information content (AvgIpc) is 3.18. The minimum Gasteiger partial charge on any atom is -0.395 e. The lowest BCUT2D eigenvalue weighted by molar-refractivity contribution is -0.143. The fourth-order valence-electron chi connectivity index (χ4n) is 4.96. The van der Waals surface area contributed by atoms with Crippen LogP contribution in [0.1, 0.15) is 30.7 Å². The first-order chi connectivity index (χ1) is 17.9. The molecule has 4 aromatic rings. The van der Waals surface area contributed by atoms with Gasteiger partial charge in [-0.05, 0) is 44.2 Å². The van der Waals surface area contributed by atoms with E-state index in [9.17, 15) is 27.9 Å². The van der Waals surface area contributed by atoms with Crippen molar-refractivity contribution in [1.29, 1.82) is 0 Å². The standard InChI is InChI=1S/C28H27F3N4O3/c1-27(2,16-36)26(38)34-10-9-23-21(15-34)20-6-5-19(13-24(20)33(23)3)35-11-8-17(12-25(35)37)22-7-4-18(14-32-22)28(29,30)31/h4-8,11-14,36H,9-10,15-16H2,1-3H3. The van der Waals surface area contributed by atoms with E-state index in [1.807, 2.05) is 25.2 Å². The molecule has 10 heteroatoms. The molecule has 0 bridgehead atoms. The quantitative estimate of drug-likeness (QED) is 0.432. The molecule has 198 valence electrons. The molecule has 1 aliphatic heterocycles. The molecule has 7 nitrogen and oxygen atoms in total. The number of aromatic nitrogens is 3. The Bertz CT molecular complexity index is 1600. The Morgan fingerprint density at radius 2 is 1.87 bits per heavy atom. The van der Waals surface area contributed by atoms with Crippen molar-refractivity contribution in [3.63, 3.8) is 0 Å². The molecule has 0 saturated heterocycles. The number of aliphatic hydroxyl groups is 1. The van der Waals surface area contributed by atoms with Crippen molar-refractivity contribution in [2.75, 3.05) is 13.2 Å². The predicted molar refractivity (Wildman–Crippen MR) is 137 cm³/mol. The summed E-state index contributed by atoms with van der Waals surface area (Å²) in [5, 5.41) is 10.6. The van der Waals surface area contributed by atoms with Gasteiger partial charge in [0.2, 0.25) is 5.91 Å². The number of rotatable bonds is 4. The molecular formula is C28H27F3N4O3. The van der Waals surface area contributed by atoms with Gasteiger partial charge in [0.05, 0.1) is 34.5 Å². The summed E-state index contributed by atoms with van der Waals surface area (Å²) in [5.74, 6) is -0.0894. The first-order valence-electron chi connectivity index (χ1n) is 12.2. The summed E-state index contributed by atoms with van der Waals surface area (Å²) in [7, 11) is 1.96. The smallest absolute Gasteiger partial charge is 0.395 e. The number of amides is 1. The summed E-state index contributed by atoms with van der Waals surface area (Å²) < 4.78 is 42.1. The number of carbonyl (C=O) groups excluding carboxylic acids is 1. The summed E-state index contributed by atoms with van der Waals surface area (Å²) in [5.41, 5.74) is 2.40. The Morgan fingerprint density at radius 3 is 2.50 bits per heavy atom. The molecule has 0 radical (unpaired) electrons. The lowest BCUT2D eigenvalue weighted by atomic mass is 9.91. The summed E-state index contributed by atoms with van der Waals surface area (Å²) in [6, 6.07) is 10.9. The van der Waals surface area contributed by atoms with Crippen molar-refractivity contribution in [3.05, 3.63) is 82.0 Å². The highest BCUT2D eigenvalue weighted by Gasteiger charge is 2.34. The van der Waals surface area contributed by atoms with Gasteiger partial charge in [-0.25, -0.2) is 0 Å². The van der Waals surface area contributed by atoms with Crippen LogP contribution < -0.4 is 5.56 Å². The van der Waals surface area contributed by atoms with Gasteiger partial charge in [-0.2, -0.15) is 13.2 Å². The Balaban J connectivity index is 1.46. The van der Waals surface area contributed by atoms with Gasteiger partial charge in [-0.3, -0.25) is 19.1 Å². The lowest BCUT2D eigenvalue weighted by Gasteiger charge is -2.33. The number of benzene rings is 1. The van der Waals surface area contributed by atoms with Gasteiger partial charge in [0.25, 0.3) is 5.56 Å². The first kappa shape index (κ1) is 25.7. The predicted octanol–water partition coefficient (Wildman–Crippen LogP) is 4.31. The first-order valence-corrected chi connectivity index (χ1v) is 12.2. The minimum absolute atomic E-state index is 0.0894. The van der Waals surface area contributed by atoms with Crippen LogP contribution in [0, 0.1) is 5.41 Å². The highest BCUT2D eigenvalue weighted by atomic mass is 19.4. The Hall–Kier alpha value is -3.92. The van der Waals surface area contributed by atoms with Gasteiger partial charge in [0, 0.05) is 67.2 Å². The highest BCUT2D eigenvalue weighted by molar-refractivity contribution is 5.89. The van der Waals surface area contributed by atoms with Crippen molar-refractivity contribution >= 4 is 16.8 Å². The second-order valence-electron chi connectivity index (χ2n) is 10.3. The molecule has 0 aliphatic carbocycles. The van der Waals surface area contributed by atoms with E-state index in [-0.39, 0.29) is 23.8 Å². The number of hydrogen-bond acceptors (Lipinski definition) is 4. The molecule has 1 aromatic carbocycles. The third-order valence-electron chi connectivity index (χ3n) is 7.23. The number of hydrogen-bond donors (Lipinski definition) is 1. The molecule has 1 amide bonds. The van der Waals surface area contributed by atoms with Crippen LogP contribution in [-0.2, 0) is 31.0 Å². The second-order valence-corrected chi connectivity index (χ2v) is 10.3. The highest BCUT2D eigenvalue weighted by Crippen LogP contribution is 2.33. The Kier molecular flexibility index (Phi) is 6.18. The van der Waals surface area contributed by atoms with Crippen molar-refractivity contribution in [2.45, 2.75) is 33.0 Å². The minimum atomic E-state index is -4.48. The number of alkyl halides is 3. The maximum Gasteiger partial charge on any atom is 0.417 e. The topological polar surface area (TPSA) is 80.4 Å². The summed E-state index contributed by atoms with van der Waals surface area (Å²) in [6.45, 7) is 4.25. The van der Waals surface area contributed by atoms with Crippen LogP contribution in [-0.4, -0.2) is 43.2 Å². The largest absolute Gasteiger partial charge is 0.417 e. The molecule has 5 rings (SSSR count). The molecule has 3 aromatic heterocycles. The normalized spacial score (nSPS) is 14.1. The summed E-state index contributed by atoms with van der Waals surface area (Å²) >= 11 is 0. The van der Waals surface area contributed by atoms with Crippen LogP contribution in [0.4, 0.5) is 13.2 Å². The van der Waals surface area contributed by atoms with E-state index in [1.165, 1.54) is 16.7 Å². The van der Waals surface area contributed by atoms with E-state index in [0.717, 1.165) is 34.4 Å². The SMILES string of the molecule is Cn1c2c(c3ccc(-n4ccc(-c5ccc(C(F)(F)F)cn5)cc4=O)cc31)CN(C(=O)C(C)(C)CO)CC2. The second kappa shape index (κ2) is 9.13. The van der Waals surface area contributed by atoms with Crippen molar-refractivity contribution < 1.29 is 23.1 Å². The Labute approximate surface area is 216 Å². The monoisotopic (exact) mass is 524 g/mol. The van der Waals surface area contributed by atoms with E-state index in [1.54, 1.807) is 31.0 Å². The molecule has 0 fully saturated rings. The number of aliphatic hydroxyl groups excluding tert-OH is 1. The average molecular weight is 525 g/mol. The number of pyridine rings is 2. The number of halogens is 3. The lowest BCUT2D eigenvalue weighted by Crippen LogP contribution is -2.45. The van der Waals surface area contributed by atoms with Crippen molar-refractivity contribution in [2.24, 2.45) is 12.5 Å². The van der Waals surface area contributed by atoms with E-state index in [4.69, 9.17) is 0 Å². The van der Waals surface area contributed by atoms with E-state index in [2.05, 4.69) is 9.55 Å². The van der Waals surface area contributed by atoms with Crippen LogP contribution >= 0.6 is 0 Å². The van der Waals surface area contributed by atoms with Crippen molar-refractivity contribution in [1.82, 2.24) is 19.0 Å². The molecular weight excluding hydrogens is 497 g/mol. The molecule has 0 saturated carbocycles. The van der Waals surface area contributed by atoms with Crippen LogP contribution in [0.3, 0.4) is 0 Å². The van der Waals surface area contributed by atoms with E-state index < -0.39 is 17.2 Å². The number of fused-ring (bicyclic) bond motifs is 3. The van der Waals surface area contributed by atoms with E-state index in [0.29, 0.717) is 30.8 Å². The molecule has 1 aliphatic rings. The van der Waals surface area contributed by atoms with Crippen LogP contribution in [0.5, 0.6) is 0 Å². The van der Waals surface area contributed by atoms with Crippen molar-refractivity contribution in [3.8, 4) is 16.9 Å². The fraction of sp³-hybridized carbons (Fsp3) is 0.321.